The molecule has 2 aliphatic rings. The molecule has 0 bridgehead atoms. The van der Waals surface area contributed by atoms with Crippen LogP contribution in [0.15, 0.2) is 12.1 Å². The molecule has 0 radical (unpaired) electrons. The average Bonchev–Trinajstić information content (AvgIpc) is 2.66. The highest BCUT2D eigenvalue weighted by molar-refractivity contribution is 6.31. The van der Waals surface area contributed by atoms with Crippen LogP contribution in [0.25, 0.3) is 0 Å². The lowest BCUT2D eigenvalue weighted by Crippen LogP contribution is -2.14. The second kappa shape index (κ2) is 4.58. The largest absolute Gasteiger partial charge is 0.481 e. The molecule has 96 valence electrons. The number of hydrogen-bond donors (Lipinski definition) is 1. The Hall–Kier alpha value is -1.02. The van der Waals surface area contributed by atoms with E-state index in [0.29, 0.717) is 6.42 Å². The van der Waals surface area contributed by atoms with Crippen molar-refractivity contribution in [1.82, 2.24) is 0 Å². The molecule has 1 atom stereocenters. The van der Waals surface area contributed by atoms with Gasteiger partial charge in [0.15, 0.2) is 0 Å². The third-order valence-corrected chi connectivity index (χ3v) is 4.77. The number of carboxylic acid groups (broad SMARTS) is 1. The fourth-order valence-corrected chi connectivity index (χ4v) is 3.35. The minimum absolute atomic E-state index is 0.352. The van der Waals surface area contributed by atoms with E-state index in [1.165, 1.54) is 30.4 Å². The fourth-order valence-electron chi connectivity index (χ4n) is 3.10. The van der Waals surface area contributed by atoms with Crippen molar-refractivity contribution in [3.05, 3.63) is 33.8 Å². The van der Waals surface area contributed by atoms with E-state index in [2.05, 4.69) is 6.07 Å². The van der Waals surface area contributed by atoms with Gasteiger partial charge < -0.3 is 5.11 Å². The molecule has 18 heavy (non-hydrogen) atoms. The first-order chi connectivity index (χ1) is 8.65. The van der Waals surface area contributed by atoms with Gasteiger partial charge >= 0.3 is 5.97 Å². The summed E-state index contributed by atoms with van der Waals surface area (Å²) in [5, 5.41) is 9.93. The first-order valence-corrected chi connectivity index (χ1v) is 7.07. The second-order valence-corrected chi connectivity index (χ2v) is 5.98. The van der Waals surface area contributed by atoms with Crippen LogP contribution in [0.2, 0.25) is 5.02 Å². The van der Waals surface area contributed by atoms with Gasteiger partial charge in [0.2, 0.25) is 0 Å². The Morgan fingerprint density at radius 1 is 1.33 bits per heavy atom. The molecule has 0 aliphatic heterocycles. The summed E-state index contributed by atoms with van der Waals surface area (Å²) in [6, 6.07) is 4.05. The summed E-state index contributed by atoms with van der Waals surface area (Å²) in [4.78, 5) is 11.2. The van der Waals surface area contributed by atoms with Crippen molar-refractivity contribution in [2.45, 2.75) is 44.4 Å². The van der Waals surface area contributed by atoms with E-state index in [9.17, 15) is 4.79 Å². The maximum Gasteiger partial charge on any atom is 0.310 e. The summed E-state index contributed by atoms with van der Waals surface area (Å²) in [6.45, 7) is 0. The number of hydrogen-bond acceptors (Lipinski definition) is 1. The van der Waals surface area contributed by atoms with Gasteiger partial charge in [-0.3, -0.25) is 4.79 Å². The Bertz CT molecular complexity index is 492. The predicted octanol–water partition coefficient (Wildman–Crippen LogP) is 3.80. The van der Waals surface area contributed by atoms with Crippen LogP contribution in [0.4, 0.5) is 0 Å². The lowest BCUT2D eigenvalue weighted by Gasteiger charge is -2.26. The Labute approximate surface area is 112 Å². The monoisotopic (exact) mass is 264 g/mol. The van der Waals surface area contributed by atoms with Crippen LogP contribution in [0.3, 0.4) is 0 Å². The van der Waals surface area contributed by atoms with Gasteiger partial charge in [0.1, 0.15) is 0 Å². The molecule has 0 spiro atoms. The van der Waals surface area contributed by atoms with Gasteiger partial charge in [-0.05, 0) is 47.9 Å². The van der Waals surface area contributed by atoms with E-state index in [1.807, 2.05) is 6.07 Å². The molecule has 0 aromatic heterocycles. The molecule has 0 heterocycles. The molecule has 3 rings (SSSR count). The Kier molecular flexibility index (Phi) is 3.06. The second-order valence-electron chi connectivity index (χ2n) is 5.57. The quantitative estimate of drug-likeness (QED) is 0.902. The standard InChI is InChI=1S/C15H17ClO2/c16-14-8-13-10(4-5-12(13)15(17)18)7-11(14)6-9-2-1-3-9/h7-9,12H,1-6H2,(H,17,18). The van der Waals surface area contributed by atoms with Crippen LogP contribution < -0.4 is 0 Å². The highest BCUT2D eigenvalue weighted by atomic mass is 35.5. The smallest absolute Gasteiger partial charge is 0.310 e. The normalized spacial score (nSPS) is 22.6. The number of aryl methyl sites for hydroxylation is 1. The van der Waals surface area contributed by atoms with Crippen LogP contribution in [-0.2, 0) is 17.6 Å². The summed E-state index contributed by atoms with van der Waals surface area (Å²) < 4.78 is 0. The molecule has 1 aromatic carbocycles. The molecule has 1 fully saturated rings. The van der Waals surface area contributed by atoms with Gasteiger partial charge in [-0.15, -0.1) is 0 Å². The zero-order valence-corrected chi connectivity index (χ0v) is 11.0. The molecule has 0 saturated heterocycles. The number of rotatable bonds is 3. The fraction of sp³-hybridized carbons (Fsp3) is 0.533. The van der Waals surface area contributed by atoms with Crippen molar-refractivity contribution < 1.29 is 9.90 Å². The highest BCUT2D eigenvalue weighted by Crippen LogP contribution is 2.39. The molecule has 2 aliphatic carbocycles. The van der Waals surface area contributed by atoms with Crippen LogP contribution in [-0.4, -0.2) is 11.1 Å². The number of aliphatic carboxylic acids is 1. The summed E-state index contributed by atoms with van der Waals surface area (Å²) in [5.74, 6) is -0.288. The first kappa shape index (κ1) is 12.0. The van der Waals surface area contributed by atoms with Gasteiger partial charge in [-0.1, -0.05) is 36.9 Å². The third-order valence-electron chi connectivity index (χ3n) is 4.42. The van der Waals surface area contributed by atoms with Gasteiger partial charge in [0.05, 0.1) is 5.92 Å². The van der Waals surface area contributed by atoms with Gasteiger partial charge in [-0.2, -0.15) is 0 Å². The Morgan fingerprint density at radius 2 is 2.11 bits per heavy atom. The topological polar surface area (TPSA) is 37.3 Å². The lowest BCUT2D eigenvalue weighted by atomic mass is 9.80. The van der Waals surface area contributed by atoms with Gasteiger partial charge in [0.25, 0.3) is 0 Å². The molecule has 1 aromatic rings. The molecular weight excluding hydrogens is 248 g/mol. The molecule has 0 amide bonds. The van der Waals surface area contributed by atoms with E-state index >= 15 is 0 Å². The van der Waals surface area contributed by atoms with Crippen LogP contribution in [0.1, 0.15) is 48.3 Å². The summed E-state index contributed by atoms with van der Waals surface area (Å²) in [7, 11) is 0. The Balaban J connectivity index is 1.88. The third kappa shape index (κ3) is 2.03. The van der Waals surface area contributed by atoms with Gasteiger partial charge in [0, 0.05) is 5.02 Å². The lowest BCUT2D eigenvalue weighted by molar-refractivity contribution is -0.138. The van der Waals surface area contributed by atoms with Crippen molar-refractivity contribution in [2.24, 2.45) is 5.92 Å². The number of carbonyl (C=O) groups is 1. The van der Waals surface area contributed by atoms with Gasteiger partial charge in [-0.25, -0.2) is 0 Å². The molecule has 1 N–H and O–H groups in total. The summed E-state index contributed by atoms with van der Waals surface area (Å²) >= 11 is 6.31. The molecule has 2 nitrogen and oxygen atoms in total. The van der Waals surface area contributed by atoms with Crippen LogP contribution in [0.5, 0.6) is 0 Å². The number of halogens is 1. The van der Waals surface area contributed by atoms with Crippen molar-refractivity contribution in [1.29, 1.82) is 0 Å². The molecule has 1 saturated carbocycles. The van der Waals surface area contributed by atoms with Crippen molar-refractivity contribution in [3.8, 4) is 0 Å². The average molecular weight is 265 g/mol. The van der Waals surface area contributed by atoms with Crippen LogP contribution in [0, 0.1) is 5.92 Å². The van der Waals surface area contributed by atoms with E-state index in [1.54, 1.807) is 0 Å². The zero-order valence-electron chi connectivity index (χ0n) is 10.3. The number of fused-ring (bicyclic) bond motifs is 1. The van der Waals surface area contributed by atoms with Crippen LogP contribution >= 0.6 is 11.6 Å². The highest BCUT2D eigenvalue weighted by Gasteiger charge is 2.29. The van der Waals surface area contributed by atoms with E-state index < -0.39 is 5.97 Å². The van der Waals surface area contributed by atoms with E-state index in [4.69, 9.17) is 16.7 Å². The first-order valence-electron chi connectivity index (χ1n) is 6.69. The Morgan fingerprint density at radius 3 is 2.72 bits per heavy atom. The minimum atomic E-state index is -0.725. The maximum absolute atomic E-state index is 11.2. The van der Waals surface area contributed by atoms with Crippen molar-refractivity contribution in [3.63, 3.8) is 0 Å². The van der Waals surface area contributed by atoms with E-state index in [-0.39, 0.29) is 5.92 Å². The SMILES string of the molecule is O=C(O)C1CCc2cc(CC3CCC3)c(Cl)cc21. The van der Waals surface area contributed by atoms with E-state index in [0.717, 1.165) is 29.3 Å². The minimum Gasteiger partial charge on any atom is -0.481 e. The predicted molar refractivity (Wildman–Crippen MR) is 71.2 cm³/mol. The van der Waals surface area contributed by atoms with Crippen molar-refractivity contribution in [2.75, 3.05) is 0 Å². The molecule has 1 unspecified atom stereocenters. The van der Waals surface area contributed by atoms with Crippen molar-refractivity contribution >= 4 is 17.6 Å². The molecule has 3 heteroatoms. The number of carboxylic acids is 1. The molecular formula is C15H17ClO2. The maximum atomic E-state index is 11.2. The zero-order chi connectivity index (χ0) is 12.7. The number of benzene rings is 1. The summed E-state index contributed by atoms with van der Waals surface area (Å²) in [5.41, 5.74) is 3.34. The summed E-state index contributed by atoms with van der Waals surface area (Å²) in [6.07, 6.45) is 6.61.